The standard InChI is InChI=1S/C27H32F2N6O2/c1-27(2,16-36)34-10-7-17(8-11-34)18-3-6-24-21(13-18)25-19(9-12-37-24)15-35(33-25)26(32-30)31-23-5-4-20(28)14-22(23)29/h3-6,13-15,17,36H,7-12,16,30H2,1-2H3,(H,31,32). The molecular formula is C27H32F2N6O2. The number of nitrogens with two attached hydrogens (primary N) is 1. The molecule has 1 saturated heterocycles. The predicted octanol–water partition coefficient (Wildman–Crippen LogP) is 3.90. The van der Waals surface area contributed by atoms with Gasteiger partial charge in [0.25, 0.3) is 0 Å². The molecule has 1 fully saturated rings. The molecule has 3 aromatic rings. The Balaban J connectivity index is 1.41. The van der Waals surface area contributed by atoms with E-state index >= 15 is 0 Å². The molecule has 0 unspecified atom stereocenters. The summed E-state index contributed by atoms with van der Waals surface area (Å²) in [5, 5.41) is 21.0. The van der Waals surface area contributed by atoms with Crippen LogP contribution in [0.3, 0.4) is 0 Å². The van der Waals surface area contributed by atoms with Crippen LogP contribution in [0.25, 0.3) is 11.3 Å². The molecule has 0 saturated carbocycles. The van der Waals surface area contributed by atoms with E-state index in [0.717, 1.165) is 60.6 Å². The van der Waals surface area contributed by atoms with Crippen molar-refractivity contribution in [3.63, 3.8) is 0 Å². The van der Waals surface area contributed by atoms with Crippen LogP contribution in [-0.4, -0.2) is 57.6 Å². The Hall–Kier alpha value is -3.50. The lowest BCUT2D eigenvalue weighted by atomic mass is 9.86. The highest BCUT2D eigenvalue weighted by molar-refractivity contribution is 5.95. The molecule has 4 N–H and O–H groups in total. The summed E-state index contributed by atoms with van der Waals surface area (Å²) in [6, 6.07) is 9.52. The van der Waals surface area contributed by atoms with Crippen LogP contribution in [0.5, 0.6) is 5.75 Å². The normalized spacial score (nSPS) is 17.1. The number of hydrogen-bond acceptors (Lipinski definition) is 6. The van der Waals surface area contributed by atoms with Crippen molar-refractivity contribution >= 4 is 11.6 Å². The first-order chi connectivity index (χ1) is 17.8. The molecule has 0 amide bonds. The molecule has 196 valence electrons. The van der Waals surface area contributed by atoms with E-state index in [2.05, 4.69) is 41.3 Å². The van der Waals surface area contributed by atoms with Crippen molar-refractivity contribution in [2.24, 2.45) is 10.9 Å². The minimum absolute atomic E-state index is 0.0398. The average Bonchev–Trinajstić information content (AvgIpc) is 3.24. The molecule has 0 aliphatic carbocycles. The van der Waals surface area contributed by atoms with Gasteiger partial charge in [0.05, 0.1) is 24.6 Å². The van der Waals surface area contributed by atoms with Gasteiger partial charge < -0.3 is 21.0 Å². The molecule has 2 aliphatic heterocycles. The van der Waals surface area contributed by atoms with Gasteiger partial charge in [-0.2, -0.15) is 5.10 Å². The van der Waals surface area contributed by atoms with E-state index in [-0.39, 0.29) is 23.8 Å². The van der Waals surface area contributed by atoms with Gasteiger partial charge in [0.2, 0.25) is 5.96 Å². The zero-order valence-electron chi connectivity index (χ0n) is 21.0. The van der Waals surface area contributed by atoms with Gasteiger partial charge in [-0.25, -0.2) is 13.5 Å². The fourth-order valence-electron chi connectivity index (χ4n) is 5.09. The lowest BCUT2D eigenvalue weighted by Crippen LogP contribution is -2.50. The Morgan fingerprint density at radius 2 is 2.00 bits per heavy atom. The zero-order valence-corrected chi connectivity index (χ0v) is 21.0. The van der Waals surface area contributed by atoms with Gasteiger partial charge in [0, 0.05) is 35.3 Å². The monoisotopic (exact) mass is 510 g/mol. The summed E-state index contributed by atoms with van der Waals surface area (Å²) in [6.07, 6.45) is 4.44. The second kappa shape index (κ2) is 10.1. The zero-order chi connectivity index (χ0) is 26.2. The van der Waals surface area contributed by atoms with Crippen molar-refractivity contribution in [2.75, 3.05) is 31.6 Å². The summed E-state index contributed by atoms with van der Waals surface area (Å²) >= 11 is 0. The number of aliphatic hydroxyl groups is 1. The highest BCUT2D eigenvalue weighted by atomic mass is 19.1. The molecule has 10 heteroatoms. The number of halogens is 2. The van der Waals surface area contributed by atoms with Crippen LogP contribution in [-0.2, 0) is 6.42 Å². The summed E-state index contributed by atoms with van der Waals surface area (Å²) < 4.78 is 35.0. The van der Waals surface area contributed by atoms with Crippen LogP contribution in [0.15, 0.2) is 47.7 Å². The summed E-state index contributed by atoms with van der Waals surface area (Å²) in [6.45, 7) is 6.62. The third kappa shape index (κ3) is 5.03. The van der Waals surface area contributed by atoms with E-state index < -0.39 is 11.6 Å². The van der Waals surface area contributed by atoms with E-state index in [4.69, 9.17) is 15.7 Å². The Morgan fingerprint density at radius 1 is 1.22 bits per heavy atom. The summed E-state index contributed by atoms with van der Waals surface area (Å²) in [4.78, 5) is 2.35. The molecule has 0 radical (unpaired) electrons. The van der Waals surface area contributed by atoms with Gasteiger partial charge >= 0.3 is 0 Å². The van der Waals surface area contributed by atoms with Crippen LogP contribution in [0.4, 0.5) is 14.5 Å². The molecular weight excluding hydrogens is 478 g/mol. The highest BCUT2D eigenvalue weighted by Crippen LogP contribution is 2.39. The molecule has 8 nitrogen and oxygen atoms in total. The van der Waals surface area contributed by atoms with Gasteiger partial charge in [0.15, 0.2) is 0 Å². The van der Waals surface area contributed by atoms with Crippen LogP contribution >= 0.6 is 0 Å². The van der Waals surface area contributed by atoms with Crippen LogP contribution < -0.4 is 15.9 Å². The number of aliphatic hydroxyl groups excluding tert-OH is 1. The van der Waals surface area contributed by atoms with Crippen molar-refractivity contribution in [1.29, 1.82) is 0 Å². The maximum atomic E-state index is 14.2. The molecule has 0 bridgehead atoms. The molecule has 0 spiro atoms. The van der Waals surface area contributed by atoms with Crippen LogP contribution in [0, 0.1) is 11.6 Å². The molecule has 0 atom stereocenters. The van der Waals surface area contributed by atoms with Crippen molar-refractivity contribution in [1.82, 2.24) is 14.7 Å². The minimum atomic E-state index is -0.758. The number of rotatable bonds is 4. The Morgan fingerprint density at radius 3 is 2.70 bits per heavy atom. The molecule has 3 heterocycles. The van der Waals surface area contributed by atoms with Crippen molar-refractivity contribution in [2.45, 2.75) is 44.6 Å². The molecule has 5 rings (SSSR count). The second-order valence-electron chi connectivity index (χ2n) is 10.2. The molecule has 2 aliphatic rings. The topological polar surface area (TPSA) is 101 Å². The summed E-state index contributed by atoms with van der Waals surface area (Å²) in [7, 11) is 0. The Bertz CT molecular complexity index is 1310. The fraction of sp³-hybridized carbons (Fsp3) is 0.407. The molecule has 2 aromatic carbocycles. The highest BCUT2D eigenvalue weighted by Gasteiger charge is 2.31. The Kier molecular flexibility index (Phi) is 6.87. The van der Waals surface area contributed by atoms with Gasteiger partial charge in [-0.05, 0) is 75.5 Å². The predicted molar refractivity (Wildman–Crippen MR) is 139 cm³/mol. The number of nitrogens with zero attached hydrogens (tertiary/aromatic N) is 4. The van der Waals surface area contributed by atoms with Crippen LogP contribution in [0.2, 0.25) is 0 Å². The quantitative estimate of drug-likeness (QED) is 0.213. The van der Waals surface area contributed by atoms with E-state index in [1.54, 1.807) is 6.20 Å². The maximum absolute atomic E-state index is 14.2. The average molecular weight is 511 g/mol. The summed E-state index contributed by atoms with van der Waals surface area (Å²) in [5.74, 6) is 5.45. The molecule has 1 aromatic heterocycles. The van der Waals surface area contributed by atoms with Crippen molar-refractivity contribution in [3.8, 4) is 17.0 Å². The number of benzene rings is 2. The number of likely N-dealkylation sites (tertiary alicyclic amines) is 1. The van der Waals surface area contributed by atoms with E-state index in [0.29, 0.717) is 18.9 Å². The lowest BCUT2D eigenvalue weighted by molar-refractivity contribution is 0.0379. The third-order valence-electron chi connectivity index (χ3n) is 7.40. The number of aromatic nitrogens is 2. The van der Waals surface area contributed by atoms with E-state index in [9.17, 15) is 13.9 Å². The number of fused-ring (bicyclic) bond motifs is 3. The van der Waals surface area contributed by atoms with Gasteiger partial charge in [0.1, 0.15) is 17.4 Å². The fourth-order valence-corrected chi connectivity index (χ4v) is 5.09. The van der Waals surface area contributed by atoms with E-state index in [1.807, 2.05) is 6.07 Å². The summed E-state index contributed by atoms with van der Waals surface area (Å²) in [5.41, 5.74) is 3.66. The van der Waals surface area contributed by atoms with E-state index in [1.165, 1.54) is 16.3 Å². The number of anilines is 1. The minimum Gasteiger partial charge on any atom is -0.493 e. The van der Waals surface area contributed by atoms with Gasteiger partial charge in [-0.15, -0.1) is 5.10 Å². The maximum Gasteiger partial charge on any atom is 0.245 e. The molecule has 37 heavy (non-hydrogen) atoms. The van der Waals surface area contributed by atoms with Crippen molar-refractivity contribution < 1.29 is 18.6 Å². The number of hydrazone groups is 1. The number of hydrogen-bond donors (Lipinski definition) is 3. The van der Waals surface area contributed by atoms with Gasteiger partial charge in [-0.1, -0.05) is 6.07 Å². The lowest BCUT2D eigenvalue weighted by Gasteiger charge is -2.42. The smallest absolute Gasteiger partial charge is 0.245 e. The second-order valence-corrected chi connectivity index (χ2v) is 10.2. The number of piperidine rings is 1. The SMILES string of the molecule is CC(C)(CO)N1CCC(c2ccc3c(c2)-c2nn(/C(=N/N)Nc4ccc(F)cc4F)cc2CCO3)CC1. The first-order valence-electron chi connectivity index (χ1n) is 12.5. The number of nitrogens with one attached hydrogen (secondary N) is 1. The van der Waals surface area contributed by atoms with Crippen molar-refractivity contribution in [3.05, 3.63) is 65.4 Å². The largest absolute Gasteiger partial charge is 0.493 e. The first-order valence-corrected chi connectivity index (χ1v) is 12.5. The number of ether oxygens (including phenoxy) is 1. The van der Waals surface area contributed by atoms with Crippen LogP contribution in [0.1, 0.15) is 43.7 Å². The Labute approximate surface area is 214 Å². The first kappa shape index (κ1) is 25.2. The van der Waals surface area contributed by atoms with Gasteiger partial charge in [-0.3, -0.25) is 4.90 Å². The third-order valence-corrected chi connectivity index (χ3v) is 7.40.